The Morgan fingerprint density at radius 1 is 1.17 bits per heavy atom. The zero-order chi connectivity index (χ0) is 16.8. The first-order valence-corrected chi connectivity index (χ1v) is 8.50. The summed E-state index contributed by atoms with van der Waals surface area (Å²) in [6.07, 6.45) is 5.68. The molecule has 1 aromatic carbocycles. The number of ether oxygens (including phenoxy) is 2. The van der Waals surface area contributed by atoms with E-state index in [0.29, 0.717) is 11.8 Å². The van der Waals surface area contributed by atoms with Gasteiger partial charge in [-0.2, -0.15) is 0 Å². The van der Waals surface area contributed by atoms with Crippen molar-refractivity contribution in [2.24, 2.45) is 5.92 Å². The van der Waals surface area contributed by atoms with Crippen LogP contribution < -0.4 is 9.47 Å². The van der Waals surface area contributed by atoms with Crippen molar-refractivity contribution in [3.63, 3.8) is 0 Å². The summed E-state index contributed by atoms with van der Waals surface area (Å²) in [5.74, 6) is 2.22. The quantitative estimate of drug-likeness (QED) is 0.816. The average Bonchev–Trinajstić information content (AvgIpc) is 2.62. The molecule has 1 saturated heterocycles. The normalized spacial score (nSPS) is 16.1. The smallest absolute Gasteiger partial charge is 0.236 e. The molecular weight excluding hydrogens is 302 g/mol. The molecule has 0 atom stereocenters. The lowest BCUT2D eigenvalue weighted by Gasteiger charge is -2.31. The maximum Gasteiger partial charge on any atom is 0.236 e. The van der Waals surface area contributed by atoms with E-state index in [2.05, 4.69) is 33.9 Å². The number of methoxy groups -OCH3 is 1. The molecule has 5 heteroatoms. The van der Waals surface area contributed by atoms with E-state index in [1.54, 1.807) is 19.5 Å². The number of benzene rings is 1. The molecule has 0 saturated carbocycles. The summed E-state index contributed by atoms with van der Waals surface area (Å²) in [4.78, 5) is 11.0. The monoisotopic (exact) mass is 327 g/mol. The number of hydrogen-bond acceptors (Lipinski definition) is 5. The second kappa shape index (κ2) is 8.11. The maximum absolute atomic E-state index is 5.96. The third-order valence-corrected chi connectivity index (χ3v) is 4.48. The Kier molecular flexibility index (Phi) is 5.64. The molecule has 128 valence electrons. The van der Waals surface area contributed by atoms with Gasteiger partial charge in [0, 0.05) is 18.9 Å². The summed E-state index contributed by atoms with van der Waals surface area (Å²) >= 11 is 0. The lowest BCUT2D eigenvalue weighted by Crippen LogP contribution is -2.35. The fourth-order valence-electron chi connectivity index (χ4n) is 3.08. The van der Waals surface area contributed by atoms with Crippen molar-refractivity contribution in [3.8, 4) is 11.6 Å². The fourth-order valence-corrected chi connectivity index (χ4v) is 3.08. The number of aryl methyl sites for hydroxylation is 1. The van der Waals surface area contributed by atoms with Crippen molar-refractivity contribution in [1.82, 2.24) is 14.9 Å². The second-order valence-corrected chi connectivity index (χ2v) is 6.36. The lowest BCUT2D eigenvalue weighted by molar-refractivity contribution is 0.134. The maximum atomic E-state index is 5.96. The van der Waals surface area contributed by atoms with Gasteiger partial charge in [0.2, 0.25) is 5.88 Å². The van der Waals surface area contributed by atoms with E-state index in [4.69, 9.17) is 9.47 Å². The summed E-state index contributed by atoms with van der Waals surface area (Å²) in [6.45, 7) is 5.80. The molecule has 0 N–H and O–H groups in total. The van der Waals surface area contributed by atoms with Gasteiger partial charge in [0.1, 0.15) is 11.4 Å². The highest BCUT2D eigenvalue weighted by Gasteiger charge is 2.21. The molecule has 2 heterocycles. The van der Waals surface area contributed by atoms with E-state index in [1.807, 2.05) is 12.1 Å². The summed E-state index contributed by atoms with van der Waals surface area (Å²) in [5, 5.41) is 0. The second-order valence-electron chi connectivity index (χ2n) is 6.36. The molecule has 1 fully saturated rings. The first-order chi connectivity index (χ1) is 11.7. The van der Waals surface area contributed by atoms with Crippen LogP contribution in [0.4, 0.5) is 0 Å². The van der Waals surface area contributed by atoms with Gasteiger partial charge in [-0.05, 0) is 56.5 Å². The molecule has 24 heavy (non-hydrogen) atoms. The lowest BCUT2D eigenvalue weighted by atomic mass is 9.97. The molecule has 0 spiro atoms. The number of hydrogen-bond donors (Lipinski definition) is 0. The van der Waals surface area contributed by atoms with Gasteiger partial charge in [0.25, 0.3) is 0 Å². The first-order valence-electron chi connectivity index (χ1n) is 8.50. The Balaban J connectivity index is 1.45. The molecule has 0 aliphatic carbocycles. The predicted molar refractivity (Wildman–Crippen MR) is 93.3 cm³/mol. The van der Waals surface area contributed by atoms with Crippen molar-refractivity contribution >= 4 is 0 Å². The number of nitrogens with zero attached hydrogens (tertiary/aromatic N) is 3. The van der Waals surface area contributed by atoms with Crippen LogP contribution in [0.25, 0.3) is 0 Å². The standard InChI is InChI=1S/C19H25N3O2/c1-15-4-3-5-17(12-15)24-14-16-6-10-22(11-7-16)13-18-19(23-2)21-9-8-20-18/h3-5,8-9,12,16H,6-7,10-11,13-14H2,1-2H3. The van der Waals surface area contributed by atoms with E-state index in [1.165, 1.54) is 5.56 Å². The zero-order valence-corrected chi connectivity index (χ0v) is 14.4. The minimum atomic E-state index is 0.616. The van der Waals surface area contributed by atoms with Gasteiger partial charge >= 0.3 is 0 Å². The van der Waals surface area contributed by atoms with Crippen LogP contribution in [-0.4, -0.2) is 41.7 Å². The van der Waals surface area contributed by atoms with Crippen LogP contribution in [0.5, 0.6) is 11.6 Å². The van der Waals surface area contributed by atoms with Gasteiger partial charge in [-0.3, -0.25) is 9.88 Å². The van der Waals surface area contributed by atoms with E-state index in [0.717, 1.165) is 50.5 Å². The van der Waals surface area contributed by atoms with E-state index < -0.39 is 0 Å². The third kappa shape index (κ3) is 4.45. The van der Waals surface area contributed by atoms with Crippen molar-refractivity contribution in [1.29, 1.82) is 0 Å². The molecule has 2 aromatic rings. The molecule has 0 radical (unpaired) electrons. The van der Waals surface area contributed by atoms with Gasteiger partial charge in [-0.1, -0.05) is 12.1 Å². The largest absolute Gasteiger partial charge is 0.493 e. The molecule has 1 aliphatic heterocycles. The van der Waals surface area contributed by atoms with Crippen LogP contribution in [0, 0.1) is 12.8 Å². The number of piperidine rings is 1. The molecule has 1 aromatic heterocycles. The van der Waals surface area contributed by atoms with Crippen LogP contribution in [0.3, 0.4) is 0 Å². The Bertz CT molecular complexity index is 655. The highest BCUT2D eigenvalue weighted by atomic mass is 16.5. The molecule has 0 unspecified atom stereocenters. The Morgan fingerprint density at radius 3 is 2.71 bits per heavy atom. The van der Waals surface area contributed by atoms with Gasteiger partial charge < -0.3 is 9.47 Å². The molecule has 5 nitrogen and oxygen atoms in total. The summed E-state index contributed by atoms with van der Waals surface area (Å²) in [7, 11) is 1.64. The van der Waals surface area contributed by atoms with E-state index in [9.17, 15) is 0 Å². The van der Waals surface area contributed by atoms with Crippen molar-refractivity contribution in [2.75, 3.05) is 26.8 Å². The molecule has 1 aliphatic rings. The average molecular weight is 327 g/mol. The first kappa shape index (κ1) is 16.7. The van der Waals surface area contributed by atoms with Crippen LogP contribution in [0.15, 0.2) is 36.7 Å². The van der Waals surface area contributed by atoms with Crippen molar-refractivity contribution in [3.05, 3.63) is 47.9 Å². The molecule has 3 rings (SSSR count). The minimum Gasteiger partial charge on any atom is -0.493 e. The van der Waals surface area contributed by atoms with Gasteiger partial charge in [0.05, 0.1) is 13.7 Å². The number of likely N-dealkylation sites (tertiary alicyclic amines) is 1. The summed E-state index contributed by atoms with van der Waals surface area (Å²) in [6, 6.07) is 8.26. The molecular formula is C19H25N3O2. The zero-order valence-electron chi connectivity index (χ0n) is 14.4. The molecule has 0 bridgehead atoms. The summed E-state index contributed by atoms with van der Waals surface area (Å²) < 4.78 is 11.2. The van der Waals surface area contributed by atoms with Gasteiger partial charge in [0.15, 0.2) is 0 Å². The topological polar surface area (TPSA) is 47.5 Å². The van der Waals surface area contributed by atoms with E-state index in [-0.39, 0.29) is 0 Å². The highest BCUT2D eigenvalue weighted by molar-refractivity contribution is 5.27. The van der Waals surface area contributed by atoms with E-state index >= 15 is 0 Å². The number of rotatable bonds is 6. The van der Waals surface area contributed by atoms with Crippen LogP contribution >= 0.6 is 0 Å². The van der Waals surface area contributed by atoms with Gasteiger partial charge in [-0.15, -0.1) is 0 Å². The van der Waals surface area contributed by atoms with Crippen LogP contribution in [0.1, 0.15) is 24.1 Å². The molecule has 0 amide bonds. The van der Waals surface area contributed by atoms with Crippen molar-refractivity contribution < 1.29 is 9.47 Å². The van der Waals surface area contributed by atoms with Crippen LogP contribution in [-0.2, 0) is 6.54 Å². The SMILES string of the molecule is COc1nccnc1CN1CCC(COc2cccc(C)c2)CC1. The fraction of sp³-hybridized carbons (Fsp3) is 0.474. The highest BCUT2D eigenvalue weighted by Crippen LogP contribution is 2.22. The summed E-state index contributed by atoms with van der Waals surface area (Å²) in [5.41, 5.74) is 2.15. The minimum absolute atomic E-state index is 0.616. The van der Waals surface area contributed by atoms with Crippen LogP contribution in [0.2, 0.25) is 0 Å². The Morgan fingerprint density at radius 2 is 1.96 bits per heavy atom. The Labute approximate surface area is 143 Å². The van der Waals surface area contributed by atoms with Crippen molar-refractivity contribution in [2.45, 2.75) is 26.3 Å². The van der Waals surface area contributed by atoms with Gasteiger partial charge in [-0.25, -0.2) is 4.98 Å². The number of aromatic nitrogens is 2. The predicted octanol–water partition coefficient (Wildman–Crippen LogP) is 3.08. The third-order valence-electron chi connectivity index (χ3n) is 4.48. The Hall–Kier alpha value is -2.14.